The fourth-order valence-corrected chi connectivity index (χ4v) is 3.54. The lowest BCUT2D eigenvalue weighted by molar-refractivity contribution is -0.385. The third-order valence-corrected chi connectivity index (χ3v) is 4.05. The van der Waals surface area contributed by atoms with E-state index in [0.29, 0.717) is 27.6 Å². The number of nitrogens with zero attached hydrogens (tertiary/aromatic N) is 2. The van der Waals surface area contributed by atoms with Crippen molar-refractivity contribution in [2.45, 2.75) is 6.42 Å². The number of anilines is 1. The Balaban J connectivity index is 2.44. The Morgan fingerprint density at radius 1 is 1.42 bits per heavy atom. The zero-order valence-electron chi connectivity index (χ0n) is 9.60. The van der Waals surface area contributed by atoms with Crippen molar-refractivity contribution in [2.75, 3.05) is 11.4 Å². The molecule has 1 unspecified atom stereocenters. The fourth-order valence-electron chi connectivity index (χ4n) is 1.95. The second kappa shape index (κ2) is 5.31. The van der Waals surface area contributed by atoms with Crippen LogP contribution in [0.5, 0.6) is 0 Å². The number of hydrogen-bond acceptors (Lipinski definition) is 3. The number of terminal acetylenes is 1. The molecule has 0 spiro atoms. The van der Waals surface area contributed by atoms with Crippen LogP contribution in [-0.2, 0) is 4.79 Å². The summed E-state index contributed by atoms with van der Waals surface area (Å²) >= 11 is 6.53. The molecule has 1 saturated heterocycles. The van der Waals surface area contributed by atoms with Crippen molar-refractivity contribution in [1.29, 1.82) is 0 Å². The van der Waals surface area contributed by atoms with Gasteiger partial charge in [0.15, 0.2) is 0 Å². The van der Waals surface area contributed by atoms with Crippen LogP contribution in [0.3, 0.4) is 0 Å². The summed E-state index contributed by atoms with van der Waals surface area (Å²) in [6, 6.07) is 2.74. The molecule has 0 saturated carbocycles. The Morgan fingerprint density at radius 3 is 2.42 bits per heavy atom. The standard InChI is InChI=1S/C12H8Br2N2O3/c1-2-7-3-11(17)15(6-7)12-9(13)4-8(16(18)19)5-10(12)14/h1,4-5,7H,3,6H2. The molecule has 19 heavy (non-hydrogen) atoms. The molecule has 1 aromatic rings. The molecule has 5 nitrogen and oxygen atoms in total. The number of carbonyl (C=O) groups excluding carboxylic acids is 1. The largest absolute Gasteiger partial charge is 0.309 e. The molecule has 0 N–H and O–H groups in total. The molecule has 2 rings (SSSR count). The summed E-state index contributed by atoms with van der Waals surface area (Å²) in [4.78, 5) is 23.7. The van der Waals surface area contributed by atoms with E-state index in [1.54, 1.807) is 4.90 Å². The van der Waals surface area contributed by atoms with Gasteiger partial charge in [0.1, 0.15) is 0 Å². The van der Waals surface area contributed by atoms with E-state index in [1.165, 1.54) is 12.1 Å². The Labute approximate surface area is 126 Å². The van der Waals surface area contributed by atoms with E-state index >= 15 is 0 Å². The smallest absolute Gasteiger partial charge is 0.271 e. The van der Waals surface area contributed by atoms with Gasteiger partial charge in [0.2, 0.25) is 5.91 Å². The normalized spacial score (nSPS) is 18.5. The highest BCUT2D eigenvalue weighted by Crippen LogP contribution is 2.40. The summed E-state index contributed by atoms with van der Waals surface area (Å²) in [7, 11) is 0. The zero-order valence-corrected chi connectivity index (χ0v) is 12.8. The van der Waals surface area contributed by atoms with Crippen LogP contribution in [0, 0.1) is 28.4 Å². The topological polar surface area (TPSA) is 63.5 Å². The highest BCUT2D eigenvalue weighted by Gasteiger charge is 2.32. The SMILES string of the molecule is C#CC1CC(=O)N(c2c(Br)cc([N+](=O)[O-])cc2Br)C1. The van der Waals surface area contributed by atoms with Crippen molar-refractivity contribution in [1.82, 2.24) is 0 Å². The molecule has 0 radical (unpaired) electrons. The summed E-state index contributed by atoms with van der Waals surface area (Å²) in [5.74, 6) is 2.35. The number of rotatable bonds is 2. The van der Waals surface area contributed by atoms with Crippen LogP contribution in [0.4, 0.5) is 11.4 Å². The number of carbonyl (C=O) groups is 1. The second-order valence-corrected chi connectivity index (χ2v) is 5.80. The van der Waals surface area contributed by atoms with E-state index in [0.717, 1.165) is 0 Å². The van der Waals surface area contributed by atoms with Gasteiger partial charge in [-0.1, -0.05) is 0 Å². The van der Waals surface area contributed by atoms with E-state index in [-0.39, 0.29) is 17.5 Å². The van der Waals surface area contributed by atoms with Crippen molar-refractivity contribution in [3.05, 3.63) is 31.2 Å². The molecule has 1 aromatic carbocycles. The first-order valence-electron chi connectivity index (χ1n) is 5.34. The maximum atomic E-state index is 11.9. The van der Waals surface area contributed by atoms with Crippen LogP contribution in [0.15, 0.2) is 21.1 Å². The molecule has 0 aliphatic carbocycles. The van der Waals surface area contributed by atoms with E-state index in [1.807, 2.05) is 0 Å². The average molecular weight is 388 g/mol. The molecule has 1 amide bonds. The highest BCUT2D eigenvalue weighted by atomic mass is 79.9. The maximum Gasteiger partial charge on any atom is 0.271 e. The third kappa shape index (κ3) is 2.65. The lowest BCUT2D eigenvalue weighted by Gasteiger charge is -2.19. The van der Waals surface area contributed by atoms with Crippen LogP contribution in [0.2, 0.25) is 0 Å². The maximum absolute atomic E-state index is 11.9. The van der Waals surface area contributed by atoms with Crippen molar-refractivity contribution < 1.29 is 9.72 Å². The average Bonchev–Trinajstić information content (AvgIpc) is 2.70. The van der Waals surface area contributed by atoms with E-state index in [9.17, 15) is 14.9 Å². The third-order valence-electron chi connectivity index (χ3n) is 2.84. The molecule has 98 valence electrons. The van der Waals surface area contributed by atoms with Crippen LogP contribution in [-0.4, -0.2) is 17.4 Å². The van der Waals surface area contributed by atoms with Gasteiger partial charge in [0.25, 0.3) is 5.69 Å². The lowest BCUT2D eigenvalue weighted by atomic mass is 10.1. The first-order chi connectivity index (χ1) is 8.93. The number of halogens is 2. The molecule has 1 aliphatic heterocycles. The molecule has 1 aliphatic rings. The Bertz CT molecular complexity index is 586. The van der Waals surface area contributed by atoms with Gasteiger partial charge in [-0.3, -0.25) is 14.9 Å². The number of benzene rings is 1. The number of nitro groups is 1. The quantitative estimate of drug-likeness (QED) is 0.445. The summed E-state index contributed by atoms with van der Waals surface area (Å²) < 4.78 is 0.971. The Morgan fingerprint density at radius 2 is 2.00 bits per heavy atom. The van der Waals surface area contributed by atoms with Crippen LogP contribution in [0.25, 0.3) is 0 Å². The fraction of sp³-hybridized carbons (Fsp3) is 0.250. The van der Waals surface area contributed by atoms with E-state index in [4.69, 9.17) is 6.42 Å². The molecule has 0 aromatic heterocycles. The molecule has 0 bridgehead atoms. The zero-order chi connectivity index (χ0) is 14.2. The van der Waals surface area contributed by atoms with E-state index < -0.39 is 4.92 Å². The van der Waals surface area contributed by atoms with Crippen LogP contribution in [0.1, 0.15) is 6.42 Å². The van der Waals surface area contributed by atoms with Crippen molar-refractivity contribution >= 4 is 49.1 Å². The summed E-state index contributed by atoms with van der Waals surface area (Å²) in [6.45, 7) is 0.421. The minimum absolute atomic E-state index is 0.0531. The van der Waals surface area contributed by atoms with E-state index in [2.05, 4.69) is 37.8 Å². The van der Waals surface area contributed by atoms with Crippen LogP contribution < -0.4 is 4.90 Å². The minimum atomic E-state index is -0.491. The molecule has 1 atom stereocenters. The van der Waals surface area contributed by atoms with Gasteiger partial charge in [-0.15, -0.1) is 12.3 Å². The highest BCUT2D eigenvalue weighted by molar-refractivity contribution is 9.11. The Hall–Kier alpha value is -1.39. The van der Waals surface area contributed by atoms with Gasteiger partial charge in [0.05, 0.1) is 10.6 Å². The number of non-ortho nitro benzene ring substituents is 1. The monoisotopic (exact) mass is 386 g/mol. The van der Waals surface area contributed by atoms with Gasteiger partial charge >= 0.3 is 0 Å². The van der Waals surface area contributed by atoms with Gasteiger partial charge < -0.3 is 4.90 Å². The molecule has 1 fully saturated rings. The first-order valence-corrected chi connectivity index (χ1v) is 6.92. The van der Waals surface area contributed by atoms with Crippen molar-refractivity contribution in [2.24, 2.45) is 5.92 Å². The lowest BCUT2D eigenvalue weighted by Crippen LogP contribution is -2.25. The number of nitro benzene ring substituents is 1. The van der Waals surface area contributed by atoms with Gasteiger partial charge in [-0.05, 0) is 31.9 Å². The van der Waals surface area contributed by atoms with Gasteiger partial charge in [0, 0.05) is 40.0 Å². The summed E-state index contributed by atoms with van der Waals surface area (Å²) in [6.07, 6.45) is 5.63. The molecule has 7 heteroatoms. The first kappa shape index (κ1) is 14.0. The summed E-state index contributed by atoms with van der Waals surface area (Å²) in [5, 5.41) is 10.8. The number of amides is 1. The predicted molar refractivity (Wildman–Crippen MR) is 77.8 cm³/mol. The molecule has 1 heterocycles. The summed E-state index contributed by atoms with van der Waals surface area (Å²) in [5.41, 5.74) is 0.524. The predicted octanol–water partition coefficient (Wildman–Crippen LogP) is 3.11. The van der Waals surface area contributed by atoms with Crippen molar-refractivity contribution in [3.8, 4) is 12.3 Å². The van der Waals surface area contributed by atoms with Gasteiger partial charge in [-0.2, -0.15) is 0 Å². The minimum Gasteiger partial charge on any atom is -0.309 e. The van der Waals surface area contributed by atoms with Crippen molar-refractivity contribution in [3.63, 3.8) is 0 Å². The van der Waals surface area contributed by atoms with Crippen LogP contribution >= 0.6 is 31.9 Å². The van der Waals surface area contributed by atoms with Gasteiger partial charge in [-0.25, -0.2) is 0 Å². The molecular formula is C12H8Br2N2O3. The molecular weight excluding hydrogens is 380 g/mol. The second-order valence-electron chi connectivity index (χ2n) is 4.09. The Kier molecular flexibility index (Phi) is 3.92. The number of hydrogen-bond donors (Lipinski definition) is 0.